The van der Waals surface area contributed by atoms with E-state index in [9.17, 15) is 8.42 Å². The number of hydrogen-bond acceptors (Lipinski definition) is 4. The molecule has 0 unspecified atom stereocenters. The van der Waals surface area contributed by atoms with Gasteiger partial charge in [0, 0.05) is 19.8 Å². The maximum Gasteiger partial charge on any atom is 0.240 e. The molecule has 0 aliphatic heterocycles. The Hall–Kier alpha value is -1.70. The first-order chi connectivity index (χ1) is 10.0. The van der Waals surface area contributed by atoms with Gasteiger partial charge in [0.25, 0.3) is 0 Å². The first-order valence-corrected chi connectivity index (χ1v) is 8.27. The van der Waals surface area contributed by atoms with Crippen LogP contribution in [-0.4, -0.2) is 24.7 Å². The second kappa shape index (κ2) is 6.84. The molecular formula is C14H20N4O2S. The minimum atomic E-state index is -3.50. The molecule has 0 spiro atoms. The normalized spacial score (nSPS) is 11.7. The fourth-order valence-electron chi connectivity index (χ4n) is 1.88. The van der Waals surface area contributed by atoms with Gasteiger partial charge in [0.15, 0.2) is 0 Å². The molecule has 7 heteroatoms. The summed E-state index contributed by atoms with van der Waals surface area (Å²) in [6, 6.07) is 8.67. The number of rotatable bonds is 7. The van der Waals surface area contributed by atoms with Crippen LogP contribution in [0.4, 0.5) is 0 Å². The first-order valence-electron chi connectivity index (χ1n) is 6.79. The van der Waals surface area contributed by atoms with E-state index in [1.807, 2.05) is 19.1 Å². The van der Waals surface area contributed by atoms with Crippen LogP contribution >= 0.6 is 0 Å². The third-order valence-electron chi connectivity index (χ3n) is 3.18. The molecule has 0 radical (unpaired) electrons. The van der Waals surface area contributed by atoms with Gasteiger partial charge in [-0.3, -0.25) is 4.68 Å². The van der Waals surface area contributed by atoms with Crippen LogP contribution in [0, 0.1) is 0 Å². The monoisotopic (exact) mass is 308 g/mol. The van der Waals surface area contributed by atoms with Crippen molar-refractivity contribution in [2.45, 2.75) is 24.9 Å². The number of sulfonamides is 1. The van der Waals surface area contributed by atoms with Gasteiger partial charge in [-0.2, -0.15) is 5.10 Å². The Morgan fingerprint density at radius 1 is 1.14 bits per heavy atom. The van der Waals surface area contributed by atoms with E-state index in [2.05, 4.69) is 15.1 Å². The Morgan fingerprint density at radius 3 is 2.43 bits per heavy atom. The molecule has 2 N–H and O–H groups in total. The van der Waals surface area contributed by atoms with Crippen molar-refractivity contribution in [3.8, 4) is 0 Å². The van der Waals surface area contributed by atoms with Gasteiger partial charge in [0.05, 0.1) is 17.1 Å². The van der Waals surface area contributed by atoms with Gasteiger partial charge in [-0.15, -0.1) is 0 Å². The lowest BCUT2D eigenvalue weighted by Gasteiger charge is -2.08. The SMILES string of the molecule is CCNCc1ccc(S(=O)(=O)NCc2ccnn2C)cc1. The molecule has 2 aromatic rings. The van der Waals surface area contributed by atoms with Crippen LogP contribution in [0.15, 0.2) is 41.4 Å². The summed E-state index contributed by atoms with van der Waals surface area (Å²) in [6.45, 7) is 3.87. The van der Waals surface area contributed by atoms with Crippen molar-refractivity contribution in [1.82, 2.24) is 19.8 Å². The zero-order valence-electron chi connectivity index (χ0n) is 12.2. The van der Waals surface area contributed by atoms with Gasteiger partial charge in [-0.25, -0.2) is 13.1 Å². The van der Waals surface area contributed by atoms with Crippen molar-refractivity contribution in [3.63, 3.8) is 0 Å². The summed E-state index contributed by atoms with van der Waals surface area (Å²) < 4.78 is 28.6. The third-order valence-corrected chi connectivity index (χ3v) is 4.60. The molecule has 114 valence electrons. The predicted molar refractivity (Wildman–Crippen MR) is 81.1 cm³/mol. The fourth-order valence-corrected chi connectivity index (χ4v) is 2.88. The summed E-state index contributed by atoms with van der Waals surface area (Å²) >= 11 is 0. The maximum atomic E-state index is 12.2. The summed E-state index contributed by atoms with van der Waals surface area (Å²) in [4.78, 5) is 0.268. The standard InChI is InChI=1S/C14H20N4O2S/c1-3-15-10-12-4-6-14(7-5-12)21(19,20)17-11-13-8-9-16-18(13)2/h4-9,15,17H,3,10-11H2,1-2H3. The van der Waals surface area contributed by atoms with Crippen molar-refractivity contribution < 1.29 is 8.42 Å². The lowest BCUT2D eigenvalue weighted by atomic mass is 10.2. The highest BCUT2D eigenvalue weighted by atomic mass is 32.2. The summed E-state index contributed by atoms with van der Waals surface area (Å²) in [5.74, 6) is 0. The van der Waals surface area contributed by atoms with Gasteiger partial charge in [0.1, 0.15) is 0 Å². The van der Waals surface area contributed by atoms with Crippen LogP contribution < -0.4 is 10.0 Å². The van der Waals surface area contributed by atoms with Crippen LogP contribution in [-0.2, 0) is 30.2 Å². The highest BCUT2D eigenvalue weighted by Crippen LogP contribution is 2.11. The number of benzene rings is 1. The molecule has 0 saturated heterocycles. The highest BCUT2D eigenvalue weighted by molar-refractivity contribution is 7.89. The minimum absolute atomic E-state index is 0.220. The molecule has 0 fully saturated rings. The van der Waals surface area contributed by atoms with Crippen molar-refractivity contribution in [3.05, 3.63) is 47.8 Å². The lowest BCUT2D eigenvalue weighted by molar-refractivity contribution is 0.577. The summed E-state index contributed by atoms with van der Waals surface area (Å²) in [6.07, 6.45) is 1.64. The Kier molecular flexibility index (Phi) is 5.11. The number of nitrogens with zero attached hydrogens (tertiary/aromatic N) is 2. The third kappa shape index (κ3) is 4.13. The molecule has 1 aromatic heterocycles. The zero-order chi connectivity index (χ0) is 15.3. The Bertz CT molecular complexity index is 677. The summed E-state index contributed by atoms with van der Waals surface area (Å²) in [7, 11) is -1.72. The van der Waals surface area contributed by atoms with Crippen molar-refractivity contribution >= 4 is 10.0 Å². The number of aromatic nitrogens is 2. The number of nitrogens with one attached hydrogen (secondary N) is 2. The van der Waals surface area contributed by atoms with Crippen LogP contribution in [0.2, 0.25) is 0 Å². The molecule has 2 rings (SSSR count). The average Bonchev–Trinajstić information content (AvgIpc) is 2.89. The number of aryl methyl sites for hydroxylation is 1. The van der Waals surface area contributed by atoms with Crippen LogP contribution in [0.5, 0.6) is 0 Å². The van der Waals surface area contributed by atoms with Gasteiger partial charge < -0.3 is 5.32 Å². The van der Waals surface area contributed by atoms with Gasteiger partial charge in [0.2, 0.25) is 10.0 Å². The molecule has 0 aliphatic rings. The smallest absolute Gasteiger partial charge is 0.240 e. The minimum Gasteiger partial charge on any atom is -0.313 e. The maximum absolute atomic E-state index is 12.2. The van der Waals surface area contributed by atoms with Gasteiger partial charge >= 0.3 is 0 Å². The molecule has 0 bridgehead atoms. The van der Waals surface area contributed by atoms with E-state index >= 15 is 0 Å². The van der Waals surface area contributed by atoms with E-state index in [4.69, 9.17) is 0 Å². The fraction of sp³-hybridized carbons (Fsp3) is 0.357. The second-order valence-electron chi connectivity index (χ2n) is 4.69. The van der Waals surface area contributed by atoms with Gasteiger partial charge in [-0.1, -0.05) is 19.1 Å². The molecule has 0 amide bonds. The van der Waals surface area contributed by atoms with Crippen LogP contribution in [0.3, 0.4) is 0 Å². The van der Waals surface area contributed by atoms with Crippen molar-refractivity contribution in [1.29, 1.82) is 0 Å². The number of hydrogen-bond donors (Lipinski definition) is 2. The van der Waals surface area contributed by atoms with Crippen molar-refractivity contribution in [2.24, 2.45) is 7.05 Å². The molecule has 0 atom stereocenters. The van der Waals surface area contributed by atoms with E-state index in [1.165, 1.54) is 0 Å². The zero-order valence-corrected chi connectivity index (χ0v) is 13.0. The Balaban J connectivity index is 2.03. The molecule has 21 heavy (non-hydrogen) atoms. The van der Waals surface area contributed by atoms with E-state index in [0.717, 1.165) is 24.3 Å². The molecule has 0 aliphatic carbocycles. The average molecular weight is 308 g/mol. The van der Waals surface area contributed by atoms with E-state index in [1.54, 1.807) is 36.1 Å². The Morgan fingerprint density at radius 2 is 1.86 bits per heavy atom. The lowest BCUT2D eigenvalue weighted by Crippen LogP contribution is -2.24. The summed E-state index contributed by atoms with van der Waals surface area (Å²) in [5, 5.41) is 7.20. The van der Waals surface area contributed by atoms with Crippen LogP contribution in [0.25, 0.3) is 0 Å². The van der Waals surface area contributed by atoms with E-state index in [0.29, 0.717) is 0 Å². The molecule has 1 aromatic carbocycles. The predicted octanol–water partition coefficient (Wildman–Crippen LogP) is 1.01. The highest BCUT2D eigenvalue weighted by Gasteiger charge is 2.14. The molecule has 6 nitrogen and oxygen atoms in total. The topological polar surface area (TPSA) is 76.0 Å². The first kappa shape index (κ1) is 15.7. The Labute approximate surface area is 125 Å². The molecular weight excluding hydrogens is 288 g/mol. The second-order valence-corrected chi connectivity index (χ2v) is 6.46. The van der Waals surface area contributed by atoms with Crippen molar-refractivity contribution in [2.75, 3.05) is 6.54 Å². The molecule has 1 heterocycles. The van der Waals surface area contributed by atoms with Gasteiger partial charge in [-0.05, 0) is 30.3 Å². The quantitative estimate of drug-likeness (QED) is 0.800. The van der Waals surface area contributed by atoms with Crippen LogP contribution in [0.1, 0.15) is 18.2 Å². The largest absolute Gasteiger partial charge is 0.313 e. The van der Waals surface area contributed by atoms with E-state index < -0.39 is 10.0 Å². The summed E-state index contributed by atoms with van der Waals surface area (Å²) in [5.41, 5.74) is 1.87. The van der Waals surface area contributed by atoms with E-state index in [-0.39, 0.29) is 11.4 Å². The molecule has 0 saturated carbocycles.